The van der Waals surface area contributed by atoms with E-state index in [-0.39, 0.29) is 5.92 Å². The molecule has 1 fully saturated rings. The second-order valence-corrected chi connectivity index (χ2v) is 4.33. The molecule has 0 saturated carbocycles. The molecule has 4 heteroatoms. The van der Waals surface area contributed by atoms with Crippen LogP contribution in [0.1, 0.15) is 0 Å². The van der Waals surface area contributed by atoms with E-state index < -0.39 is 5.97 Å². The monoisotopic (exact) mass is 255 g/mol. The Morgan fingerprint density at radius 2 is 1.93 bits per heavy atom. The van der Waals surface area contributed by atoms with E-state index in [4.69, 9.17) is 5.11 Å². The number of benzene rings is 1. The lowest BCUT2D eigenvalue weighted by atomic mass is 10.00. The van der Waals surface area contributed by atoms with Gasteiger partial charge in [-0.25, -0.2) is 0 Å². The van der Waals surface area contributed by atoms with Crippen LogP contribution >= 0.6 is 15.9 Å². The van der Waals surface area contributed by atoms with Crippen LogP contribution in [-0.4, -0.2) is 24.2 Å². The minimum atomic E-state index is -0.696. The zero-order valence-corrected chi connectivity index (χ0v) is 9.07. The van der Waals surface area contributed by atoms with Crippen molar-refractivity contribution in [1.29, 1.82) is 0 Å². The van der Waals surface area contributed by atoms with E-state index in [9.17, 15) is 4.79 Å². The normalized spacial score (nSPS) is 16.5. The largest absolute Gasteiger partial charge is 0.481 e. The van der Waals surface area contributed by atoms with Crippen molar-refractivity contribution in [2.24, 2.45) is 5.92 Å². The molecule has 1 aliphatic rings. The Kier molecular flexibility index (Phi) is 2.46. The third kappa shape index (κ3) is 1.75. The summed E-state index contributed by atoms with van der Waals surface area (Å²) in [4.78, 5) is 12.6. The van der Waals surface area contributed by atoms with Crippen LogP contribution in [0.15, 0.2) is 28.7 Å². The van der Waals surface area contributed by atoms with Crippen molar-refractivity contribution < 1.29 is 9.90 Å². The SMILES string of the molecule is O=C(O)C1CN(c2ccc(Br)cc2)C1. The first-order chi connectivity index (χ1) is 6.66. The molecular weight excluding hydrogens is 246 g/mol. The van der Waals surface area contributed by atoms with E-state index >= 15 is 0 Å². The van der Waals surface area contributed by atoms with Gasteiger partial charge in [0.15, 0.2) is 0 Å². The van der Waals surface area contributed by atoms with Crippen LogP contribution in [-0.2, 0) is 4.79 Å². The fraction of sp³-hybridized carbons (Fsp3) is 0.300. The summed E-state index contributed by atoms with van der Waals surface area (Å²) in [6.45, 7) is 1.24. The molecule has 1 heterocycles. The Morgan fingerprint density at radius 1 is 1.36 bits per heavy atom. The molecule has 14 heavy (non-hydrogen) atoms. The number of aliphatic carboxylic acids is 1. The predicted molar refractivity (Wildman–Crippen MR) is 57.5 cm³/mol. The number of nitrogens with zero attached hydrogens (tertiary/aromatic N) is 1. The summed E-state index contributed by atoms with van der Waals surface area (Å²) in [5, 5.41) is 8.71. The quantitative estimate of drug-likeness (QED) is 0.879. The van der Waals surface area contributed by atoms with Crippen LogP contribution in [0.4, 0.5) is 5.69 Å². The van der Waals surface area contributed by atoms with Gasteiger partial charge in [-0.3, -0.25) is 4.79 Å². The van der Waals surface area contributed by atoms with Gasteiger partial charge in [0.05, 0.1) is 5.92 Å². The molecular formula is C10H10BrNO2. The Balaban J connectivity index is 2.00. The summed E-state index contributed by atoms with van der Waals surface area (Å²) in [5.74, 6) is -0.892. The van der Waals surface area contributed by atoms with Gasteiger partial charge in [-0.05, 0) is 24.3 Å². The summed E-state index contributed by atoms with van der Waals surface area (Å²) < 4.78 is 1.04. The molecule has 1 aliphatic heterocycles. The van der Waals surface area contributed by atoms with Crippen LogP contribution in [0.25, 0.3) is 0 Å². The van der Waals surface area contributed by atoms with Crippen molar-refractivity contribution in [3.8, 4) is 0 Å². The maximum absolute atomic E-state index is 10.6. The molecule has 0 atom stereocenters. The molecule has 0 unspecified atom stereocenters. The standard InChI is InChI=1S/C10H10BrNO2/c11-8-1-3-9(4-2-8)12-5-7(6-12)10(13)14/h1-4,7H,5-6H2,(H,13,14). The molecule has 0 radical (unpaired) electrons. The van der Waals surface area contributed by atoms with Gasteiger partial charge in [-0.15, -0.1) is 0 Å². The zero-order chi connectivity index (χ0) is 10.1. The number of rotatable bonds is 2. The van der Waals surface area contributed by atoms with Gasteiger partial charge in [-0.2, -0.15) is 0 Å². The first-order valence-corrected chi connectivity index (χ1v) is 5.19. The molecule has 1 aromatic rings. The van der Waals surface area contributed by atoms with Crippen molar-refractivity contribution in [3.63, 3.8) is 0 Å². The molecule has 74 valence electrons. The Labute approximate surface area is 90.5 Å². The van der Waals surface area contributed by atoms with E-state index in [2.05, 4.69) is 20.8 Å². The van der Waals surface area contributed by atoms with E-state index in [1.165, 1.54) is 0 Å². The lowest BCUT2D eigenvalue weighted by molar-refractivity contribution is -0.142. The predicted octanol–water partition coefficient (Wildman–Crippen LogP) is 1.97. The molecule has 0 bridgehead atoms. The fourth-order valence-electron chi connectivity index (χ4n) is 1.50. The Morgan fingerprint density at radius 3 is 2.43 bits per heavy atom. The number of carboxylic acids is 1. The molecule has 1 aromatic carbocycles. The second-order valence-electron chi connectivity index (χ2n) is 3.42. The van der Waals surface area contributed by atoms with Crippen molar-refractivity contribution in [2.45, 2.75) is 0 Å². The number of carbonyl (C=O) groups is 1. The van der Waals surface area contributed by atoms with E-state index in [1.807, 2.05) is 24.3 Å². The fourth-order valence-corrected chi connectivity index (χ4v) is 1.76. The highest BCUT2D eigenvalue weighted by atomic mass is 79.9. The van der Waals surface area contributed by atoms with Gasteiger partial charge in [0, 0.05) is 23.2 Å². The van der Waals surface area contributed by atoms with Crippen molar-refractivity contribution in [1.82, 2.24) is 0 Å². The highest BCUT2D eigenvalue weighted by Gasteiger charge is 2.32. The minimum Gasteiger partial charge on any atom is -0.481 e. The van der Waals surface area contributed by atoms with Crippen molar-refractivity contribution in [2.75, 3.05) is 18.0 Å². The average Bonchev–Trinajstić information content (AvgIpc) is 2.05. The van der Waals surface area contributed by atoms with Gasteiger partial charge in [0.25, 0.3) is 0 Å². The highest BCUT2D eigenvalue weighted by molar-refractivity contribution is 9.10. The molecule has 3 nitrogen and oxygen atoms in total. The summed E-state index contributed by atoms with van der Waals surface area (Å²) in [5.41, 5.74) is 1.09. The molecule has 0 aliphatic carbocycles. The topological polar surface area (TPSA) is 40.5 Å². The van der Waals surface area contributed by atoms with Crippen LogP contribution < -0.4 is 4.90 Å². The zero-order valence-electron chi connectivity index (χ0n) is 7.48. The number of anilines is 1. The first-order valence-electron chi connectivity index (χ1n) is 4.40. The average molecular weight is 256 g/mol. The molecule has 2 rings (SSSR count). The summed E-state index contributed by atoms with van der Waals surface area (Å²) in [6, 6.07) is 7.90. The van der Waals surface area contributed by atoms with Gasteiger partial charge in [0.1, 0.15) is 0 Å². The molecule has 1 saturated heterocycles. The smallest absolute Gasteiger partial charge is 0.310 e. The number of carboxylic acid groups (broad SMARTS) is 1. The maximum atomic E-state index is 10.6. The summed E-state index contributed by atoms with van der Waals surface area (Å²) in [7, 11) is 0. The van der Waals surface area contributed by atoms with E-state index in [0.29, 0.717) is 13.1 Å². The summed E-state index contributed by atoms with van der Waals surface area (Å²) >= 11 is 3.36. The van der Waals surface area contributed by atoms with E-state index in [0.717, 1.165) is 10.2 Å². The molecule has 0 spiro atoms. The summed E-state index contributed by atoms with van der Waals surface area (Å²) in [6.07, 6.45) is 0. The molecule has 1 N–H and O–H groups in total. The number of hydrogen-bond donors (Lipinski definition) is 1. The molecule has 0 aromatic heterocycles. The Bertz CT molecular complexity index is 344. The van der Waals surface area contributed by atoms with Gasteiger partial charge in [-0.1, -0.05) is 15.9 Å². The third-order valence-electron chi connectivity index (χ3n) is 2.42. The van der Waals surface area contributed by atoms with Gasteiger partial charge >= 0.3 is 5.97 Å². The lowest BCUT2D eigenvalue weighted by Gasteiger charge is -2.38. The van der Waals surface area contributed by atoms with E-state index in [1.54, 1.807) is 0 Å². The van der Waals surface area contributed by atoms with Crippen molar-refractivity contribution >= 4 is 27.6 Å². The maximum Gasteiger partial charge on any atom is 0.310 e. The van der Waals surface area contributed by atoms with Crippen LogP contribution in [0, 0.1) is 5.92 Å². The van der Waals surface area contributed by atoms with Crippen molar-refractivity contribution in [3.05, 3.63) is 28.7 Å². The van der Waals surface area contributed by atoms with Crippen LogP contribution in [0.3, 0.4) is 0 Å². The van der Waals surface area contributed by atoms with Crippen LogP contribution in [0.2, 0.25) is 0 Å². The Hall–Kier alpha value is -1.03. The second kappa shape index (κ2) is 3.61. The minimum absolute atomic E-state index is 0.196. The number of halogens is 1. The van der Waals surface area contributed by atoms with Gasteiger partial charge in [0.2, 0.25) is 0 Å². The van der Waals surface area contributed by atoms with Gasteiger partial charge < -0.3 is 10.0 Å². The van der Waals surface area contributed by atoms with Crippen LogP contribution in [0.5, 0.6) is 0 Å². The first kappa shape index (κ1) is 9.52. The third-order valence-corrected chi connectivity index (χ3v) is 2.95. The molecule has 0 amide bonds. The number of hydrogen-bond acceptors (Lipinski definition) is 2. The lowest BCUT2D eigenvalue weighted by Crippen LogP contribution is -2.50. The highest BCUT2D eigenvalue weighted by Crippen LogP contribution is 2.25.